The number of urea groups is 1. The normalized spacial score (nSPS) is 16.2. The van der Waals surface area contributed by atoms with Crippen LogP contribution in [0.25, 0.3) is 16.3 Å². The van der Waals surface area contributed by atoms with Crippen LogP contribution in [0.1, 0.15) is 29.3 Å². The Hall–Kier alpha value is -3.43. The Kier molecular flexibility index (Phi) is 5.97. The molecule has 33 heavy (non-hydrogen) atoms. The lowest BCUT2D eigenvalue weighted by molar-refractivity contribution is 0.205. The van der Waals surface area contributed by atoms with E-state index in [1.165, 1.54) is 4.88 Å². The number of carbonyl (C=O) groups is 1. The van der Waals surface area contributed by atoms with E-state index in [-0.39, 0.29) is 6.03 Å². The smallest absolute Gasteiger partial charge is 0.322 e. The predicted octanol–water partition coefficient (Wildman–Crippen LogP) is 5.61. The van der Waals surface area contributed by atoms with Gasteiger partial charge in [-0.25, -0.2) is 4.79 Å². The van der Waals surface area contributed by atoms with Gasteiger partial charge in [0.2, 0.25) is 5.82 Å². The minimum atomic E-state index is -0.442. The number of hydrogen-bond acceptors (Lipinski definition) is 7. The predicted molar refractivity (Wildman–Crippen MR) is 129 cm³/mol. The van der Waals surface area contributed by atoms with E-state index in [9.17, 15) is 4.79 Å². The number of aromatic nitrogens is 2. The molecule has 0 bridgehead atoms. The molecule has 168 valence electrons. The van der Waals surface area contributed by atoms with Crippen molar-refractivity contribution in [2.75, 3.05) is 13.7 Å². The van der Waals surface area contributed by atoms with E-state index in [0.29, 0.717) is 24.0 Å². The molecule has 1 atom stereocenters. The summed E-state index contributed by atoms with van der Waals surface area (Å²) in [5.41, 5.74) is 2.46. The first-order chi connectivity index (χ1) is 16.1. The number of ether oxygens (including phenoxy) is 1. The second-order valence-corrected chi connectivity index (χ2v) is 9.52. The van der Waals surface area contributed by atoms with Crippen LogP contribution in [0.3, 0.4) is 0 Å². The molecule has 1 aliphatic heterocycles. The van der Waals surface area contributed by atoms with E-state index in [1.807, 2.05) is 60.1 Å². The van der Waals surface area contributed by atoms with Gasteiger partial charge in [0.25, 0.3) is 5.89 Å². The molecule has 4 aromatic rings. The van der Waals surface area contributed by atoms with Gasteiger partial charge >= 0.3 is 6.03 Å². The Morgan fingerprint density at radius 1 is 1.15 bits per heavy atom. The van der Waals surface area contributed by atoms with Crippen molar-refractivity contribution in [2.24, 2.45) is 0 Å². The molecular weight excluding hydrogens is 456 g/mol. The number of carbonyl (C=O) groups excluding carboxylic acids is 1. The summed E-state index contributed by atoms with van der Waals surface area (Å²) in [7, 11) is 1.62. The van der Waals surface area contributed by atoms with Crippen molar-refractivity contribution < 1.29 is 14.1 Å². The number of hydrogen-bond donors (Lipinski definition) is 1. The van der Waals surface area contributed by atoms with Gasteiger partial charge in [0, 0.05) is 17.1 Å². The van der Waals surface area contributed by atoms with E-state index < -0.39 is 6.04 Å². The highest BCUT2D eigenvalue weighted by Gasteiger charge is 2.35. The van der Waals surface area contributed by atoms with Crippen molar-refractivity contribution in [1.82, 2.24) is 20.4 Å². The van der Waals surface area contributed by atoms with E-state index in [0.717, 1.165) is 28.1 Å². The molecule has 0 spiro atoms. The molecule has 0 saturated heterocycles. The number of allylic oxidation sites excluding steroid dienone is 1. The lowest BCUT2D eigenvalue weighted by Crippen LogP contribution is -2.46. The minimum Gasteiger partial charge on any atom is -0.497 e. The van der Waals surface area contributed by atoms with Gasteiger partial charge in [-0.05, 0) is 53.9 Å². The molecule has 0 saturated carbocycles. The van der Waals surface area contributed by atoms with Gasteiger partial charge in [-0.3, -0.25) is 4.90 Å². The molecule has 1 N–H and O–H groups in total. The molecule has 0 radical (unpaired) electrons. The fraction of sp³-hybridized carbons (Fsp3) is 0.208. The summed E-state index contributed by atoms with van der Waals surface area (Å²) in [5, 5.41) is 11.4. The molecule has 2 amide bonds. The zero-order valence-electron chi connectivity index (χ0n) is 18.1. The first-order valence-corrected chi connectivity index (χ1v) is 12.2. The highest BCUT2D eigenvalue weighted by molar-refractivity contribution is 7.13. The van der Waals surface area contributed by atoms with Crippen LogP contribution in [0.2, 0.25) is 0 Å². The van der Waals surface area contributed by atoms with Gasteiger partial charge in [0.05, 0.1) is 23.6 Å². The average molecular weight is 479 g/mol. The zero-order chi connectivity index (χ0) is 22.8. The molecule has 9 heteroatoms. The molecule has 1 unspecified atom stereocenters. The molecule has 7 nitrogen and oxygen atoms in total. The van der Waals surface area contributed by atoms with Crippen molar-refractivity contribution in [2.45, 2.75) is 19.4 Å². The Bertz CT molecular complexity index is 1280. The lowest BCUT2D eigenvalue weighted by atomic mass is 9.94. The molecule has 4 heterocycles. The van der Waals surface area contributed by atoms with Gasteiger partial charge in [-0.1, -0.05) is 29.4 Å². The Labute approximate surface area is 199 Å². The molecule has 0 aliphatic carbocycles. The number of thiophene rings is 2. The first kappa shape index (κ1) is 21.4. The molecule has 0 fully saturated rings. The van der Waals surface area contributed by atoms with Gasteiger partial charge < -0.3 is 14.6 Å². The van der Waals surface area contributed by atoms with Crippen molar-refractivity contribution in [3.63, 3.8) is 0 Å². The number of rotatable bonds is 7. The number of nitrogens with zero attached hydrogens (tertiary/aromatic N) is 3. The van der Waals surface area contributed by atoms with Crippen LogP contribution in [-0.4, -0.2) is 34.7 Å². The molecular formula is C24H22N4O3S2. The molecule has 1 aliphatic rings. The summed E-state index contributed by atoms with van der Waals surface area (Å²) < 4.78 is 11.1. The quantitative estimate of drug-likeness (QED) is 0.374. The highest BCUT2D eigenvalue weighted by Crippen LogP contribution is 2.38. The van der Waals surface area contributed by atoms with Crippen LogP contribution >= 0.6 is 22.7 Å². The Balaban J connectivity index is 1.56. The number of amides is 2. The van der Waals surface area contributed by atoms with Crippen LogP contribution in [0.5, 0.6) is 5.75 Å². The van der Waals surface area contributed by atoms with Crippen molar-refractivity contribution >= 4 is 34.3 Å². The molecule has 1 aromatic carbocycles. The second kappa shape index (κ2) is 9.21. The van der Waals surface area contributed by atoms with Crippen molar-refractivity contribution in [1.29, 1.82) is 0 Å². The van der Waals surface area contributed by atoms with Crippen LogP contribution in [-0.2, 0) is 6.42 Å². The molecule has 5 rings (SSSR count). The third kappa shape index (κ3) is 4.29. The third-order valence-corrected chi connectivity index (χ3v) is 7.39. The topological polar surface area (TPSA) is 80.5 Å². The summed E-state index contributed by atoms with van der Waals surface area (Å²) in [5.74, 6) is 1.64. The lowest BCUT2D eigenvalue weighted by Gasteiger charge is -2.35. The van der Waals surface area contributed by atoms with E-state index in [2.05, 4.69) is 21.5 Å². The van der Waals surface area contributed by atoms with Crippen LogP contribution in [0, 0.1) is 0 Å². The van der Waals surface area contributed by atoms with Crippen LogP contribution < -0.4 is 10.1 Å². The van der Waals surface area contributed by atoms with Gasteiger partial charge in [-0.15, -0.1) is 22.7 Å². The fourth-order valence-electron chi connectivity index (χ4n) is 3.91. The van der Waals surface area contributed by atoms with Crippen molar-refractivity contribution in [3.8, 4) is 16.5 Å². The van der Waals surface area contributed by atoms with Gasteiger partial charge in [0.1, 0.15) is 5.75 Å². The maximum atomic E-state index is 13.2. The highest BCUT2D eigenvalue weighted by atomic mass is 32.1. The maximum absolute atomic E-state index is 13.2. The largest absolute Gasteiger partial charge is 0.497 e. The summed E-state index contributed by atoms with van der Waals surface area (Å²) in [6.07, 6.45) is 0.768. The Morgan fingerprint density at radius 3 is 2.76 bits per heavy atom. The average Bonchev–Trinajstić information content (AvgIpc) is 3.61. The Morgan fingerprint density at radius 2 is 2.00 bits per heavy atom. The number of nitrogens with one attached hydrogen (secondary N) is 1. The standard InChI is InChI=1S/C24H22N4O3S2/c1-15-20(23-26-22(27-31-23)19-9-5-13-33-19)21(16-6-3-7-17(14-16)30-2)25-24(29)28(15)11-10-18-8-4-12-32-18/h3-9,12-14,21H,10-11H2,1-2H3,(H,25,29). The van der Waals surface area contributed by atoms with Gasteiger partial charge in [-0.2, -0.15) is 4.98 Å². The SMILES string of the molecule is COc1cccc(C2NC(=O)N(CCc3cccs3)C(C)=C2c2nc(-c3cccs3)no2)c1. The van der Waals surface area contributed by atoms with Crippen LogP contribution in [0.15, 0.2) is 69.5 Å². The summed E-state index contributed by atoms with van der Waals surface area (Å²) in [4.78, 5) is 21.7. The fourth-order valence-corrected chi connectivity index (χ4v) is 5.26. The monoisotopic (exact) mass is 478 g/mol. The second-order valence-electron chi connectivity index (χ2n) is 7.54. The summed E-state index contributed by atoms with van der Waals surface area (Å²) in [6.45, 7) is 2.49. The number of methoxy groups -OCH3 is 1. The van der Waals surface area contributed by atoms with E-state index in [4.69, 9.17) is 9.26 Å². The first-order valence-electron chi connectivity index (χ1n) is 10.5. The zero-order valence-corrected chi connectivity index (χ0v) is 19.8. The maximum Gasteiger partial charge on any atom is 0.322 e. The summed E-state index contributed by atoms with van der Waals surface area (Å²) in [6, 6.07) is 15.1. The van der Waals surface area contributed by atoms with Gasteiger partial charge in [0.15, 0.2) is 0 Å². The van der Waals surface area contributed by atoms with Crippen molar-refractivity contribution in [3.05, 3.63) is 81.3 Å². The minimum absolute atomic E-state index is 0.154. The number of benzene rings is 1. The molecule has 3 aromatic heterocycles. The third-order valence-electron chi connectivity index (χ3n) is 5.58. The summed E-state index contributed by atoms with van der Waals surface area (Å²) >= 11 is 3.24. The van der Waals surface area contributed by atoms with E-state index >= 15 is 0 Å². The van der Waals surface area contributed by atoms with Crippen LogP contribution in [0.4, 0.5) is 4.79 Å². The van der Waals surface area contributed by atoms with E-state index in [1.54, 1.807) is 34.7 Å².